The van der Waals surface area contributed by atoms with Crippen molar-refractivity contribution in [3.05, 3.63) is 48.3 Å². The van der Waals surface area contributed by atoms with Gasteiger partial charge in [0.2, 0.25) is 5.91 Å². The third-order valence-corrected chi connectivity index (χ3v) is 3.05. The predicted molar refractivity (Wildman–Crippen MR) is 86.2 cm³/mol. The first-order chi connectivity index (χ1) is 9.63. The monoisotopic (exact) mass is 308 g/mol. The highest BCUT2D eigenvalue weighted by Crippen LogP contribution is 2.06. The molecule has 0 aliphatic heterocycles. The molecule has 1 heterocycles. The summed E-state index contributed by atoms with van der Waals surface area (Å²) in [6.07, 6.45) is 4.06. The number of amides is 1. The van der Waals surface area contributed by atoms with Crippen LogP contribution >= 0.6 is 12.4 Å². The molecule has 0 saturated heterocycles. The van der Waals surface area contributed by atoms with Crippen LogP contribution in [0.2, 0.25) is 0 Å². The van der Waals surface area contributed by atoms with E-state index in [2.05, 4.69) is 17.3 Å². The SMILES string of the molecule is CC(CNC(=O)Cc1ccc(N)cc1)Cn1cccn1.Cl. The first-order valence-electron chi connectivity index (χ1n) is 6.72. The van der Waals surface area contributed by atoms with Crippen molar-refractivity contribution >= 4 is 24.0 Å². The average molecular weight is 309 g/mol. The smallest absolute Gasteiger partial charge is 0.224 e. The quantitative estimate of drug-likeness (QED) is 0.800. The molecule has 1 aromatic heterocycles. The van der Waals surface area contributed by atoms with Crippen LogP contribution in [0.4, 0.5) is 5.69 Å². The normalized spacial score (nSPS) is 11.5. The Morgan fingerprint density at radius 2 is 2.10 bits per heavy atom. The summed E-state index contributed by atoms with van der Waals surface area (Å²) in [5, 5.41) is 7.10. The van der Waals surface area contributed by atoms with Gasteiger partial charge in [-0.25, -0.2) is 0 Å². The molecule has 0 aliphatic carbocycles. The second kappa shape index (κ2) is 8.32. The van der Waals surface area contributed by atoms with Gasteiger partial charge in [0, 0.05) is 31.2 Å². The molecule has 1 atom stereocenters. The van der Waals surface area contributed by atoms with E-state index in [1.54, 1.807) is 6.20 Å². The van der Waals surface area contributed by atoms with E-state index in [9.17, 15) is 4.79 Å². The second-order valence-corrected chi connectivity index (χ2v) is 5.06. The van der Waals surface area contributed by atoms with E-state index in [4.69, 9.17) is 5.73 Å². The highest BCUT2D eigenvalue weighted by Gasteiger charge is 2.07. The summed E-state index contributed by atoms with van der Waals surface area (Å²) in [5.41, 5.74) is 7.29. The van der Waals surface area contributed by atoms with Gasteiger partial charge < -0.3 is 11.1 Å². The number of halogens is 1. The Morgan fingerprint density at radius 1 is 1.38 bits per heavy atom. The van der Waals surface area contributed by atoms with E-state index in [0.29, 0.717) is 24.6 Å². The van der Waals surface area contributed by atoms with Gasteiger partial charge in [0.25, 0.3) is 0 Å². The fourth-order valence-electron chi connectivity index (χ4n) is 1.96. The first-order valence-corrected chi connectivity index (χ1v) is 6.72. The number of nitrogen functional groups attached to an aromatic ring is 1. The topological polar surface area (TPSA) is 72.9 Å². The van der Waals surface area contributed by atoms with Crippen LogP contribution in [-0.4, -0.2) is 22.2 Å². The van der Waals surface area contributed by atoms with Crippen molar-refractivity contribution in [2.24, 2.45) is 5.92 Å². The predicted octanol–water partition coefficient (Wildman–Crippen LogP) is 1.88. The van der Waals surface area contributed by atoms with Crippen LogP contribution < -0.4 is 11.1 Å². The van der Waals surface area contributed by atoms with E-state index in [-0.39, 0.29) is 18.3 Å². The lowest BCUT2D eigenvalue weighted by Crippen LogP contribution is -2.31. The minimum atomic E-state index is 0. The summed E-state index contributed by atoms with van der Waals surface area (Å²) in [4.78, 5) is 11.8. The number of nitrogens with one attached hydrogen (secondary N) is 1. The summed E-state index contributed by atoms with van der Waals surface area (Å²) in [6, 6.07) is 9.27. The van der Waals surface area contributed by atoms with Gasteiger partial charge >= 0.3 is 0 Å². The van der Waals surface area contributed by atoms with Crippen LogP contribution in [0.3, 0.4) is 0 Å². The second-order valence-electron chi connectivity index (χ2n) is 5.06. The van der Waals surface area contributed by atoms with Gasteiger partial charge in [0.05, 0.1) is 6.42 Å². The van der Waals surface area contributed by atoms with Crippen molar-refractivity contribution in [3.8, 4) is 0 Å². The number of nitrogens with two attached hydrogens (primary N) is 1. The van der Waals surface area contributed by atoms with E-state index >= 15 is 0 Å². The molecule has 0 fully saturated rings. The number of anilines is 1. The van der Waals surface area contributed by atoms with Gasteiger partial charge in [-0.05, 0) is 29.7 Å². The van der Waals surface area contributed by atoms with Gasteiger partial charge in [-0.2, -0.15) is 5.10 Å². The van der Waals surface area contributed by atoms with Crippen LogP contribution in [0, 0.1) is 5.92 Å². The fraction of sp³-hybridized carbons (Fsp3) is 0.333. The molecular weight excluding hydrogens is 288 g/mol. The summed E-state index contributed by atoms with van der Waals surface area (Å²) in [5.74, 6) is 0.368. The Hall–Kier alpha value is -2.01. The van der Waals surface area contributed by atoms with E-state index in [1.165, 1.54) is 0 Å². The lowest BCUT2D eigenvalue weighted by molar-refractivity contribution is -0.120. The molecule has 6 heteroatoms. The highest BCUT2D eigenvalue weighted by atomic mass is 35.5. The number of carbonyl (C=O) groups is 1. The summed E-state index contributed by atoms with van der Waals surface area (Å²) >= 11 is 0. The minimum Gasteiger partial charge on any atom is -0.399 e. The maximum Gasteiger partial charge on any atom is 0.224 e. The van der Waals surface area contributed by atoms with Gasteiger partial charge in [-0.15, -0.1) is 12.4 Å². The molecule has 0 radical (unpaired) electrons. The molecule has 21 heavy (non-hydrogen) atoms. The first kappa shape index (κ1) is 17.0. The van der Waals surface area contributed by atoms with Crippen molar-refractivity contribution in [1.82, 2.24) is 15.1 Å². The van der Waals surface area contributed by atoms with Crippen molar-refractivity contribution in [3.63, 3.8) is 0 Å². The number of nitrogens with zero attached hydrogens (tertiary/aromatic N) is 2. The standard InChI is InChI=1S/C15H20N4O.ClH/c1-12(11-19-8-2-7-18-19)10-17-15(20)9-13-3-5-14(16)6-4-13;/h2-8,12H,9-11,16H2,1H3,(H,17,20);1H. The lowest BCUT2D eigenvalue weighted by atomic mass is 10.1. The van der Waals surface area contributed by atoms with Crippen molar-refractivity contribution < 1.29 is 4.79 Å². The van der Waals surface area contributed by atoms with Crippen LogP contribution in [0.1, 0.15) is 12.5 Å². The third kappa shape index (κ3) is 5.87. The van der Waals surface area contributed by atoms with Gasteiger partial charge in [-0.1, -0.05) is 19.1 Å². The Morgan fingerprint density at radius 3 is 2.71 bits per heavy atom. The summed E-state index contributed by atoms with van der Waals surface area (Å²) in [7, 11) is 0. The molecule has 3 N–H and O–H groups in total. The Labute approximate surface area is 130 Å². The van der Waals surface area contributed by atoms with Gasteiger partial charge in [0.1, 0.15) is 0 Å². The zero-order valence-corrected chi connectivity index (χ0v) is 12.8. The highest BCUT2D eigenvalue weighted by molar-refractivity contribution is 5.85. The van der Waals surface area contributed by atoms with Crippen LogP contribution in [0.5, 0.6) is 0 Å². The number of hydrogen-bond donors (Lipinski definition) is 2. The number of aromatic nitrogens is 2. The Bertz CT molecular complexity index is 539. The molecular formula is C15H21ClN4O. The molecule has 0 bridgehead atoms. The van der Waals surface area contributed by atoms with Crippen molar-refractivity contribution in [2.45, 2.75) is 19.9 Å². The lowest BCUT2D eigenvalue weighted by Gasteiger charge is -2.12. The minimum absolute atomic E-state index is 0. The Balaban J connectivity index is 0.00000220. The fourth-order valence-corrected chi connectivity index (χ4v) is 1.96. The van der Waals surface area contributed by atoms with Crippen LogP contribution in [0.15, 0.2) is 42.7 Å². The molecule has 0 saturated carbocycles. The van der Waals surface area contributed by atoms with E-state index in [0.717, 1.165) is 12.1 Å². The van der Waals surface area contributed by atoms with E-state index in [1.807, 2.05) is 41.2 Å². The molecule has 114 valence electrons. The molecule has 1 unspecified atom stereocenters. The summed E-state index contributed by atoms with van der Waals surface area (Å²) in [6.45, 7) is 3.54. The maximum atomic E-state index is 11.8. The Kier molecular flexibility index (Phi) is 6.75. The molecule has 5 nitrogen and oxygen atoms in total. The van der Waals surface area contributed by atoms with Crippen LogP contribution in [-0.2, 0) is 17.8 Å². The molecule has 1 amide bonds. The largest absolute Gasteiger partial charge is 0.399 e. The molecule has 1 aromatic carbocycles. The number of hydrogen-bond acceptors (Lipinski definition) is 3. The van der Waals surface area contributed by atoms with Gasteiger partial charge in [0.15, 0.2) is 0 Å². The van der Waals surface area contributed by atoms with Crippen molar-refractivity contribution in [2.75, 3.05) is 12.3 Å². The summed E-state index contributed by atoms with van der Waals surface area (Å²) < 4.78 is 1.87. The average Bonchev–Trinajstić information content (AvgIpc) is 2.92. The molecule has 2 rings (SSSR count). The van der Waals surface area contributed by atoms with E-state index < -0.39 is 0 Å². The van der Waals surface area contributed by atoms with Crippen molar-refractivity contribution in [1.29, 1.82) is 0 Å². The zero-order chi connectivity index (χ0) is 14.4. The third-order valence-electron chi connectivity index (χ3n) is 3.05. The zero-order valence-electron chi connectivity index (χ0n) is 12.0. The number of carbonyl (C=O) groups excluding carboxylic acids is 1. The van der Waals surface area contributed by atoms with Crippen LogP contribution in [0.25, 0.3) is 0 Å². The molecule has 0 aliphatic rings. The maximum absolute atomic E-state index is 11.8. The number of rotatable bonds is 6. The number of benzene rings is 1. The molecule has 2 aromatic rings. The van der Waals surface area contributed by atoms with Gasteiger partial charge in [-0.3, -0.25) is 9.48 Å². The molecule has 0 spiro atoms.